The number of halogens is 1. The minimum atomic E-state index is -0.511. The summed E-state index contributed by atoms with van der Waals surface area (Å²) >= 11 is 5.99. The molecule has 0 aliphatic carbocycles. The number of hydrogen-bond donors (Lipinski definition) is 0. The van der Waals surface area contributed by atoms with Gasteiger partial charge in [-0.05, 0) is 72.1 Å². The molecule has 7 nitrogen and oxygen atoms in total. The van der Waals surface area contributed by atoms with Crippen molar-refractivity contribution in [2.24, 2.45) is 5.92 Å². The molecule has 1 aliphatic heterocycles. The molecule has 8 heteroatoms. The van der Waals surface area contributed by atoms with E-state index >= 15 is 0 Å². The summed E-state index contributed by atoms with van der Waals surface area (Å²) in [4.78, 5) is 33.9. The van der Waals surface area contributed by atoms with Crippen LogP contribution in [0.15, 0.2) is 29.2 Å². The molecule has 1 saturated heterocycles. The number of rotatable bonds is 5. The molecule has 3 rings (SSSR count). The van der Waals surface area contributed by atoms with Crippen molar-refractivity contribution in [2.45, 2.75) is 65.6 Å². The number of piperidine rings is 1. The van der Waals surface area contributed by atoms with Crippen molar-refractivity contribution in [3.05, 3.63) is 45.5 Å². The molecule has 1 aliphatic rings. The lowest BCUT2D eigenvalue weighted by atomic mass is 9.97. The Kier molecular flexibility index (Phi) is 7.27. The molecule has 170 valence electrons. The average Bonchev–Trinajstić information content (AvgIpc) is 2.65. The lowest BCUT2D eigenvalue weighted by Crippen LogP contribution is -2.47. The monoisotopic (exact) mass is 448 g/mol. The van der Waals surface area contributed by atoms with Gasteiger partial charge in [0, 0.05) is 37.9 Å². The summed E-state index contributed by atoms with van der Waals surface area (Å²) in [6.07, 6.45) is 3.44. The van der Waals surface area contributed by atoms with E-state index in [4.69, 9.17) is 16.3 Å². The highest BCUT2D eigenvalue weighted by Crippen LogP contribution is 2.22. The van der Waals surface area contributed by atoms with Crippen LogP contribution in [0, 0.1) is 5.92 Å². The minimum absolute atomic E-state index is 0.0688. The Bertz CT molecular complexity index is 983. The largest absolute Gasteiger partial charge is 0.444 e. The highest BCUT2D eigenvalue weighted by atomic mass is 35.5. The quantitative estimate of drug-likeness (QED) is 0.685. The van der Waals surface area contributed by atoms with Crippen molar-refractivity contribution in [3.8, 4) is 0 Å². The summed E-state index contributed by atoms with van der Waals surface area (Å²) in [7, 11) is 0. The van der Waals surface area contributed by atoms with Gasteiger partial charge >= 0.3 is 6.09 Å². The van der Waals surface area contributed by atoms with Crippen LogP contribution in [-0.2, 0) is 11.3 Å². The van der Waals surface area contributed by atoms with E-state index in [1.165, 1.54) is 4.40 Å². The van der Waals surface area contributed by atoms with Gasteiger partial charge in [0.05, 0.1) is 10.7 Å². The predicted octanol–water partition coefficient (Wildman–Crippen LogP) is 4.21. The van der Waals surface area contributed by atoms with Crippen molar-refractivity contribution in [2.75, 3.05) is 19.6 Å². The van der Waals surface area contributed by atoms with Crippen molar-refractivity contribution in [3.63, 3.8) is 0 Å². The summed E-state index contributed by atoms with van der Waals surface area (Å²) in [5.74, 6) is 0.351. The highest BCUT2D eigenvalue weighted by molar-refractivity contribution is 6.30. The SMILES string of the molecule is CC(C)N(CC1CCCN(Cc2cc(=O)n3cc(Cl)ccc3n2)C1)C(=O)OC(C)(C)C. The molecule has 1 atom stereocenters. The molecule has 1 unspecified atom stereocenters. The van der Waals surface area contributed by atoms with Crippen molar-refractivity contribution >= 4 is 23.3 Å². The molecule has 1 fully saturated rings. The standard InChI is InChI=1S/C23H33ClN4O3/c1-16(2)27(22(30)31-23(3,4)5)13-17-7-6-10-26(12-17)15-19-11-21(29)28-14-18(24)8-9-20(28)25-19/h8-9,11,14,16-17H,6-7,10,12-13,15H2,1-5H3. The lowest BCUT2D eigenvalue weighted by Gasteiger charge is -2.37. The third-order valence-corrected chi connectivity index (χ3v) is 5.60. The third kappa shape index (κ3) is 6.43. The molecular weight excluding hydrogens is 416 g/mol. The van der Waals surface area contributed by atoms with Crippen LogP contribution >= 0.6 is 11.6 Å². The Balaban J connectivity index is 1.67. The number of carbonyl (C=O) groups excluding carboxylic acids is 1. The molecule has 0 bridgehead atoms. The Morgan fingerprint density at radius 1 is 1.35 bits per heavy atom. The number of amides is 1. The first-order chi connectivity index (χ1) is 14.5. The number of aromatic nitrogens is 2. The zero-order chi connectivity index (χ0) is 22.8. The summed E-state index contributed by atoms with van der Waals surface area (Å²) < 4.78 is 7.07. The van der Waals surface area contributed by atoms with Gasteiger partial charge in [-0.1, -0.05) is 11.6 Å². The Morgan fingerprint density at radius 3 is 2.77 bits per heavy atom. The predicted molar refractivity (Wildman–Crippen MR) is 123 cm³/mol. The zero-order valence-corrected chi connectivity index (χ0v) is 19.9. The van der Waals surface area contributed by atoms with Crippen molar-refractivity contribution < 1.29 is 9.53 Å². The number of likely N-dealkylation sites (tertiary alicyclic amines) is 1. The summed E-state index contributed by atoms with van der Waals surface area (Å²) in [6.45, 7) is 12.8. The normalized spacial score (nSPS) is 17.8. The molecule has 1 amide bonds. The fourth-order valence-corrected chi connectivity index (χ4v) is 4.14. The molecule has 3 heterocycles. The maximum atomic E-state index is 12.7. The highest BCUT2D eigenvalue weighted by Gasteiger charge is 2.29. The topological polar surface area (TPSA) is 67.2 Å². The fraction of sp³-hybridized carbons (Fsp3) is 0.609. The van der Waals surface area contributed by atoms with Crippen LogP contribution in [0.5, 0.6) is 0 Å². The number of pyridine rings is 1. The second kappa shape index (κ2) is 9.57. The molecule has 2 aromatic heterocycles. The van der Waals surface area contributed by atoms with Crippen LogP contribution in [0.1, 0.15) is 53.2 Å². The van der Waals surface area contributed by atoms with Crippen LogP contribution in [-0.4, -0.2) is 56.6 Å². The van der Waals surface area contributed by atoms with Gasteiger partial charge in [-0.3, -0.25) is 14.1 Å². The molecule has 0 aromatic carbocycles. The van der Waals surface area contributed by atoms with E-state index < -0.39 is 5.60 Å². The number of carbonyl (C=O) groups is 1. The molecule has 0 saturated carbocycles. The molecule has 31 heavy (non-hydrogen) atoms. The van der Waals surface area contributed by atoms with E-state index in [0.717, 1.165) is 31.6 Å². The number of ether oxygens (including phenoxy) is 1. The smallest absolute Gasteiger partial charge is 0.410 e. The van der Waals surface area contributed by atoms with Crippen molar-refractivity contribution in [1.82, 2.24) is 19.2 Å². The first kappa shape index (κ1) is 23.5. The van der Waals surface area contributed by atoms with E-state index in [2.05, 4.69) is 9.88 Å². The van der Waals surface area contributed by atoms with E-state index in [-0.39, 0.29) is 17.7 Å². The van der Waals surface area contributed by atoms with Gasteiger partial charge in [0.15, 0.2) is 0 Å². The van der Waals surface area contributed by atoms with E-state index in [9.17, 15) is 9.59 Å². The third-order valence-electron chi connectivity index (χ3n) is 5.37. The fourth-order valence-electron chi connectivity index (χ4n) is 3.98. The Labute approximate surface area is 189 Å². The van der Waals surface area contributed by atoms with Crippen LogP contribution in [0.4, 0.5) is 4.79 Å². The molecule has 0 radical (unpaired) electrons. The summed E-state index contributed by atoms with van der Waals surface area (Å²) in [5, 5.41) is 0.503. The van der Waals surface area contributed by atoms with Gasteiger partial charge in [-0.15, -0.1) is 0 Å². The number of nitrogens with zero attached hydrogens (tertiary/aromatic N) is 4. The van der Waals surface area contributed by atoms with Gasteiger partial charge in [0.25, 0.3) is 5.56 Å². The molecular formula is C23H33ClN4O3. The first-order valence-corrected chi connectivity index (χ1v) is 11.3. The Morgan fingerprint density at radius 2 is 2.10 bits per heavy atom. The van der Waals surface area contributed by atoms with Crippen LogP contribution in [0.25, 0.3) is 5.65 Å². The Hall–Kier alpha value is -2.12. The van der Waals surface area contributed by atoms with Gasteiger partial charge < -0.3 is 9.64 Å². The molecule has 2 aromatic rings. The molecule has 0 spiro atoms. The summed E-state index contributed by atoms with van der Waals surface area (Å²) in [6, 6.07) is 5.14. The van der Waals surface area contributed by atoms with Gasteiger partial charge in [-0.2, -0.15) is 0 Å². The number of fused-ring (bicyclic) bond motifs is 1. The van der Waals surface area contributed by atoms with E-state index in [1.807, 2.05) is 39.5 Å². The second-order valence-corrected chi connectivity index (χ2v) is 10.1. The minimum Gasteiger partial charge on any atom is -0.444 e. The van der Waals surface area contributed by atoms with Crippen LogP contribution in [0.3, 0.4) is 0 Å². The van der Waals surface area contributed by atoms with Crippen LogP contribution in [0.2, 0.25) is 5.02 Å². The average molecular weight is 449 g/mol. The van der Waals surface area contributed by atoms with E-state index in [1.54, 1.807) is 24.4 Å². The van der Waals surface area contributed by atoms with Crippen LogP contribution < -0.4 is 5.56 Å². The second-order valence-electron chi connectivity index (χ2n) is 9.63. The van der Waals surface area contributed by atoms with E-state index in [0.29, 0.717) is 29.7 Å². The van der Waals surface area contributed by atoms with Crippen molar-refractivity contribution in [1.29, 1.82) is 0 Å². The maximum absolute atomic E-state index is 12.7. The van der Waals surface area contributed by atoms with Gasteiger partial charge in [0.2, 0.25) is 0 Å². The summed E-state index contributed by atoms with van der Waals surface area (Å²) in [5.41, 5.74) is 0.701. The van der Waals surface area contributed by atoms with Gasteiger partial charge in [0.1, 0.15) is 11.2 Å². The molecule has 0 N–H and O–H groups in total. The lowest BCUT2D eigenvalue weighted by molar-refractivity contribution is 0.0117. The zero-order valence-electron chi connectivity index (χ0n) is 19.1. The number of hydrogen-bond acceptors (Lipinski definition) is 5. The van der Waals surface area contributed by atoms with Gasteiger partial charge in [-0.25, -0.2) is 9.78 Å². The maximum Gasteiger partial charge on any atom is 0.410 e. The first-order valence-electron chi connectivity index (χ1n) is 10.9.